The molecule has 0 spiro atoms. The van der Waals surface area contributed by atoms with Crippen molar-refractivity contribution in [2.75, 3.05) is 32.4 Å². The zero-order chi connectivity index (χ0) is 20.0. The Morgan fingerprint density at radius 3 is 2.30 bits per heavy atom. The van der Waals surface area contributed by atoms with Crippen LogP contribution in [0, 0.1) is 13.8 Å². The molecule has 1 heterocycles. The largest absolute Gasteiger partial charge is 0.496 e. The smallest absolute Gasteiger partial charge is 0.345 e. The number of thioether (sulfide) groups is 1. The van der Waals surface area contributed by atoms with E-state index in [0.717, 1.165) is 11.4 Å². The van der Waals surface area contributed by atoms with Gasteiger partial charge in [-0.3, -0.25) is 4.79 Å². The van der Waals surface area contributed by atoms with Crippen LogP contribution in [0.4, 0.5) is 5.69 Å². The van der Waals surface area contributed by atoms with E-state index in [9.17, 15) is 9.59 Å². The van der Waals surface area contributed by atoms with Crippen LogP contribution in [0.1, 0.15) is 21.7 Å². The molecule has 144 valence electrons. The fourth-order valence-corrected chi connectivity index (χ4v) is 3.16. The molecule has 1 aromatic carbocycles. The molecule has 2 rings (SSSR count). The van der Waals surface area contributed by atoms with Gasteiger partial charge in [0.2, 0.25) is 5.91 Å². The van der Waals surface area contributed by atoms with Gasteiger partial charge in [0.05, 0.1) is 32.8 Å². The van der Waals surface area contributed by atoms with Crippen LogP contribution in [-0.4, -0.2) is 48.9 Å². The van der Waals surface area contributed by atoms with Crippen LogP contribution in [0.3, 0.4) is 0 Å². The Morgan fingerprint density at radius 1 is 1.07 bits per heavy atom. The number of methoxy groups -OCH3 is 3. The molecule has 27 heavy (non-hydrogen) atoms. The van der Waals surface area contributed by atoms with Crippen LogP contribution >= 0.6 is 11.8 Å². The SMILES string of the molecule is COC(=O)c1c(OC)ccc(NC(=O)CSc2nc(C)cc(C)n2)c1OC. The number of amides is 1. The van der Waals surface area contributed by atoms with E-state index in [4.69, 9.17) is 14.2 Å². The Bertz CT molecular complexity index is 837. The number of ether oxygens (including phenoxy) is 3. The molecule has 0 fully saturated rings. The summed E-state index contributed by atoms with van der Waals surface area (Å²) in [7, 11) is 4.09. The number of aryl methyl sites for hydroxylation is 2. The molecule has 0 aliphatic heterocycles. The van der Waals surface area contributed by atoms with Gasteiger partial charge in [-0.05, 0) is 32.0 Å². The van der Waals surface area contributed by atoms with Gasteiger partial charge in [0.1, 0.15) is 11.3 Å². The third-order valence-corrected chi connectivity index (χ3v) is 4.35. The first kappa shape index (κ1) is 20.5. The second-order valence-corrected chi connectivity index (χ2v) is 6.43. The highest BCUT2D eigenvalue weighted by molar-refractivity contribution is 7.99. The number of hydrogen-bond donors (Lipinski definition) is 1. The Labute approximate surface area is 161 Å². The number of anilines is 1. The van der Waals surface area contributed by atoms with E-state index in [0.29, 0.717) is 10.8 Å². The number of carbonyl (C=O) groups is 2. The highest BCUT2D eigenvalue weighted by Gasteiger charge is 2.23. The summed E-state index contributed by atoms with van der Waals surface area (Å²) >= 11 is 1.22. The summed E-state index contributed by atoms with van der Waals surface area (Å²) in [6, 6.07) is 5.02. The molecule has 0 unspecified atom stereocenters. The number of nitrogens with zero attached hydrogens (tertiary/aromatic N) is 2. The third-order valence-electron chi connectivity index (χ3n) is 3.50. The van der Waals surface area contributed by atoms with Gasteiger partial charge in [-0.15, -0.1) is 0 Å². The summed E-state index contributed by atoms with van der Waals surface area (Å²) in [5.41, 5.74) is 2.12. The lowest BCUT2D eigenvalue weighted by Crippen LogP contribution is -2.16. The standard InChI is InChI=1S/C18H21N3O5S/c1-10-8-11(2)20-18(19-10)27-9-14(22)21-12-6-7-13(24-3)15(16(12)25-4)17(23)26-5/h6-8H,9H2,1-5H3,(H,21,22). The fourth-order valence-electron chi connectivity index (χ4n) is 2.42. The van der Waals surface area contributed by atoms with Crippen molar-refractivity contribution in [1.82, 2.24) is 9.97 Å². The minimum atomic E-state index is -0.627. The molecule has 0 saturated carbocycles. The van der Waals surface area contributed by atoms with Crippen molar-refractivity contribution >= 4 is 29.3 Å². The predicted molar refractivity (Wildman–Crippen MR) is 102 cm³/mol. The molecule has 2 aromatic rings. The average molecular weight is 391 g/mol. The first-order valence-corrected chi connectivity index (χ1v) is 8.96. The molecular formula is C18H21N3O5S. The number of benzene rings is 1. The highest BCUT2D eigenvalue weighted by Crippen LogP contribution is 2.36. The van der Waals surface area contributed by atoms with Gasteiger partial charge in [-0.25, -0.2) is 14.8 Å². The van der Waals surface area contributed by atoms with Crippen molar-refractivity contribution in [2.45, 2.75) is 19.0 Å². The minimum Gasteiger partial charge on any atom is -0.496 e. The third kappa shape index (κ3) is 5.10. The maximum absolute atomic E-state index is 12.3. The summed E-state index contributed by atoms with van der Waals surface area (Å²) in [6.07, 6.45) is 0. The Morgan fingerprint density at radius 2 is 1.74 bits per heavy atom. The summed E-state index contributed by atoms with van der Waals surface area (Å²) in [4.78, 5) is 33.0. The number of nitrogens with one attached hydrogen (secondary N) is 1. The molecule has 1 N–H and O–H groups in total. The van der Waals surface area contributed by atoms with E-state index in [2.05, 4.69) is 15.3 Å². The normalized spacial score (nSPS) is 10.3. The lowest BCUT2D eigenvalue weighted by atomic mass is 10.1. The lowest BCUT2D eigenvalue weighted by molar-refractivity contribution is -0.113. The number of hydrogen-bond acceptors (Lipinski definition) is 8. The first-order chi connectivity index (χ1) is 12.9. The van der Waals surface area contributed by atoms with Gasteiger partial charge >= 0.3 is 5.97 Å². The maximum Gasteiger partial charge on any atom is 0.345 e. The van der Waals surface area contributed by atoms with E-state index >= 15 is 0 Å². The molecule has 0 saturated heterocycles. The van der Waals surface area contributed by atoms with Crippen molar-refractivity contribution in [3.8, 4) is 11.5 Å². The predicted octanol–water partition coefficient (Wildman–Crippen LogP) is 2.63. The van der Waals surface area contributed by atoms with Crippen molar-refractivity contribution in [1.29, 1.82) is 0 Å². The van der Waals surface area contributed by atoms with Gasteiger partial charge in [0, 0.05) is 11.4 Å². The van der Waals surface area contributed by atoms with E-state index in [1.165, 1.54) is 33.1 Å². The maximum atomic E-state index is 12.3. The van der Waals surface area contributed by atoms with Gasteiger partial charge in [0.25, 0.3) is 0 Å². The van der Waals surface area contributed by atoms with Crippen molar-refractivity contribution in [3.05, 3.63) is 35.2 Å². The van der Waals surface area contributed by atoms with Crippen LogP contribution < -0.4 is 14.8 Å². The molecular weight excluding hydrogens is 370 g/mol. The first-order valence-electron chi connectivity index (χ1n) is 7.97. The second-order valence-electron chi connectivity index (χ2n) is 5.49. The van der Waals surface area contributed by atoms with Crippen molar-refractivity contribution in [3.63, 3.8) is 0 Å². The van der Waals surface area contributed by atoms with Crippen LogP contribution in [-0.2, 0) is 9.53 Å². The summed E-state index contributed by atoms with van der Waals surface area (Å²) in [6.45, 7) is 3.74. The van der Waals surface area contributed by atoms with E-state index in [1.54, 1.807) is 12.1 Å². The van der Waals surface area contributed by atoms with E-state index in [1.807, 2.05) is 19.9 Å². The van der Waals surface area contributed by atoms with Crippen molar-refractivity contribution in [2.24, 2.45) is 0 Å². The average Bonchev–Trinajstić information content (AvgIpc) is 2.64. The molecule has 0 aliphatic carbocycles. The number of carbonyl (C=O) groups excluding carboxylic acids is 2. The Hall–Kier alpha value is -2.81. The summed E-state index contributed by atoms with van der Waals surface area (Å²) in [5, 5.41) is 3.26. The molecule has 0 atom stereocenters. The molecule has 0 bridgehead atoms. The minimum absolute atomic E-state index is 0.102. The molecule has 9 heteroatoms. The summed E-state index contributed by atoms with van der Waals surface area (Å²) < 4.78 is 15.3. The van der Waals surface area contributed by atoms with E-state index in [-0.39, 0.29) is 28.7 Å². The Balaban J connectivity index is 2.18. The molecule has 1 aromatic heterocycles. The van der Waals surface area contributed by atoms with Crippen LogP contribution in [0.15, 0.2) is 23.4 Å². The lowest BCUT2D eigenvalue weighted by Gasteiger charge is -2.16. The number of esters is 1. The monoisotopic (exact) mass is 391 g/mol. The molecule has 0 radical (unpaired) electrons. The van der Waals surface area contributed by atoms with E-state index < -0.39 is 5.97 Å². The molecule has 1 amide bonds. The van der Waals surface area contributed by atoms with Gasteiger partial charge < -0.3 is 19.5 Å². The quantitative estimate of drug-likeness (QED) is 0.437. The zero-order valence-electron chi connectivity index (χ0n) is 15.8. The highest BCUT2D eigenvalue weighted by atomic mass is 32.2. The zero-order valence-corrected chi connectivity index (χ0v) is 16.6. The fraction of sp³-hybridized carbons (Fsp3) is 0.333. The second kappa shape index (κ2) is 9.22. The Kier molecular flexibility index (Phi) is 7.00. The van der Waals surface area contributed by atoms with Gasteiger partial charge in [-0.1, -0.05) is 11.8 Å². The van der Waals surface area contributed by atoms with Crippen LogP contribution in [0.25, 0.3) is 0 Å². The number of aromatic nitrogens is 2. The topological polar surface area (TPSA) is 99.6 Å². The summed E-state index contributed by atoms with van der Waals surface area (Å²) in [5.74, 6) is -0.359. The molecule has 8 nitrogen and oxygen atoms in total. The van der Waals surface area contributed by atoms with Gasteiger partial charge in [-0.2, -0.15) is 0 Å². The van der Waals surface area contributed by atoms with Gasteiger partial charge in [0.15, 0.2) is 10.9 Å². The van der Waals surface area contributed by atoms with Crippen LogP contribution in [0.5, 0.6) is 11.5 Å². The van der Waals surface area contributed by atoms with Crippen molar-refractivity contribution < 1.29 is 23.8 Å². The van der Waals surface area contributed by atoms with Crippen LogP contribution in [0.2, 0.25) is 0 Å². The number of rotatable bonds is 7. The molecule has 0 aliphatic rings.